The number of nitrogens with one attached hydrogen (secondary N) is 1. The molecule has 182 valence electrons. The van der Waals surface area contributed by atoms with Crippen molar-refractivity contribution in [1.29, 1.82) is 0 Å². The molecule has 1 unspecified atom stereocenters. The van der Waals surface area contributed by atoms with Crippen LogP contribution in [-0.4, -0.2) is 58.3 Å². The van der Waals surface area contributed by atoms with E-state index in [4.69, 9.17) is 9.47 Å². The first-order chi connectivity index (χ1) is 16.5. The van der Waals surface area contributed by atoms with E-state index in [9.17, 15) is 14.4 Å². The molecule has 0 bridgehead atoms. The van der Waals surface area contributed by atoms with Gasteiger partial charge in [-0.2, -0.15) is 0 Å². The zero-order valence-electron chi connectivity index (χ0n) is 19.6. The number of likely N-dealkylation sites (tertiary alicyclic amines) is 1. The molecule has 1 N–H and O–H groups in total. The first-order valence-corrected chi connectivity index (χ1v) is 12.2. The van der Waals surface area contributed by atoms with Crippen molar-refractivity contribution in [2.45, 2.75) is 51.9 Å². The number of aromatic amines is 1. The number of carbonyl (C=O) groups excluding carboxylic acids is 2. The first kappa shape index (κ1) is 23.9. The molecule has 0 spiro atoms. The summed E-state index contributed by atoms with van der Waals surface area (Å²) in [6.07, 6.45) is 5.57. The number of aromatic nitrogens is 3. The van der Waals surface area contributed by atoms with Crippen LogP contribution in [0.1, 0.15) is 51.1 Å². The monoisotopic (exact) mass is 468 g/mol. The Hall–Kier alpha value is -3.23. The average Bonchev–Trinajstić information content (AvgIpc) is 2.83. The molecule has 1 saturated heterocycles. The summed E-state index contributed by atoms with van der Waals surface area (Å²) >= 11 is 0. The second kappa shape index (κ2) is 11.3. The van der Waals surface area contributed by atoms with Gasteiger partial charge in [-0.05, 0) is 62.8 Å². The number of hydrogen-bond acceptors (Lipinski definition) is 7. The van der Waals surface area contributed by atoms with Crippen LogP contribution in [0.3, 0.4) is 0 Å². The first-order valence-electron chi connectivity index (χ1n) is 12.2. The smallest absolute Gasteiger partial charge is 0.310 e. The molecule has 4 rings (SSSR count). The Morgan fingerprint density at radius 3 is 2.59 bits per heavy atom. The van der Waals surface area contributed by atoms with Crippen LogP contribution >= 0.6 is 0 Å². The highest BCUT2D eigenvalue weighted by atomic mass is 16.5. The van der Waals surface area contributed by atoms with E-state index in [1.807, 2.05) is 24.3 Å². The van der Waals surface area contributed by atoms with E-state index in [0.29, 0.717) is 31.4 Å². The predicted octanol–water partition coefficient (Wildman–Crippen LogP) is 2.75. The molecule has 2 aromatic rings. The van der Waals surface area contributed by atoms with Gasteiger partial charge < -0.3 is 19.4 Å². The second-order valence-electron chi connectivity index (χ2n) is 9.01. The number of piperidine rings is 1. The lowest BCUT2D eigenvalue weighted by Crippen LogP contribution is -2.43. The number of amides is 1. The number of rotatable bonds is 9. The highest BCUT2D eigenvalue weighted by Crippen LogP contribution is 2.27. The summed E-state index contributed by atoms with van der Waals surface area (Å²) < 4.78 is 10.9. The van der Waals surface area contributed by atoms with Crippen LogP contribution in [-0.2, 0) is 20.7 Å². The van der Waals surface area contributed by atoms with Gasteiger partial charge in [-0.3, -0.25) is 14.4 Å². The van der Waals surface area contributed by atoms with E-state index in [0.717, 1.165) is 30.8 Å². The summed E-state index contributed by atoms with van der Waals surface area (Å²) in [5.41, 5.74) is 0.601. The number of esters is 1. The molecule has 0 radical (unpaired) electrons. The van der Waals surface area contributed by atoms with Gasteiger partial charge in [0.2, 0.25) is 5.91 Å². The molecular formula is C25H32N4O5. The van der Waals surface area contributed by atoms with Crippen molar-refractivity contribution in [3.63, 3.8) is 0 Å². The minimum Gasteiger partial charge on any atom is -0.493 e. The van der Waals surface area contributed by atoms with Gasteiger partial charge in [0, 0.05) is 31.5 Å². The lowest BCUT2D eigenvalue weighted by molar-refractivity contribution is -0.151. The van der Waals surface area contributed by atoms with Crippen molar-refractivity contribution in [2.24, 2.45) is 11.8 Å². The zero-order chi connectivity index (χ0) is 23.9. The fourth-order valence-corrected chi connectivity index (χ4v) is 4.28. The molecule has 2 fully saturated rings. The van der Waals surface area contributed by atoms with E-state index >= 15 is 0 Å². The van der Waals surface area contributed by atoms with Gasteiger partial charge in [-0.1, -0.05) is 6.42 Å². The van der Waals surface area contributed by atoms with Crippen molar-refractivity contribution >= 4 is 11.9 Å². The molecular weight excluding hydrogens is 436 g/mol. The van der Waals surface area contributed by atoms with Crippen LogP contribution in [0, 0.1) is 11.8 Å². The average molecular weight is 469 g/mol. The molecule has 9 nitrogen and oxygen atoms in total. The van der Waals surface area contributed by atoms with Gasteiger partial charge in [0.05, 0.1) is 19.1 Å². The third-order valence-corrected chi connectivity index (χ3v) is 6.57. The second-order valence-corrected chi connectivity index (χ2v) is 9.01. The SMILES string of the molecule is CCOC(=O)C1CCCN(C(=O)CCc2nnc(-c3ccc(OCC4CCC4)cc3)[nH]c2=O)C1. The highest BCUT2D eigenvalue weighted by molar-refractivity contribution is 5.78. The van der Waals surface area contributed by atoms with Crippen molar-refractivity contribution < 1.29 is 19.1 Å². The van der Waals surface area contributed by atoms with E-state index in [2.05, 4.69) is 15.2 Å². The topological polar surface area (TPSA) is 114 Å². The summed E-state index contributed by atoms with van der Waals surface area (Å²) in [6.45, 7) is 3.81. The van der Waals surface area contributed by atoms with E-state index in [-0.39, 0.29) is 41.9 Å². The van der Waals surface area contributed by atoms with Gasteiger partial charge >= 0.3 is 5.97 Å². The van der Waals surface area contributed by atoms with Crippen molar-refractivity contribution in [3.8, 4) is 17.1 Å². The Labute approximate surface area is 198 Å². The third-order valence-electron chi connectivity index (χ3n) is 6.57. The molecule has 1 aliphatic carbocycles. The molecule has 9 heteroatoms. The predicted molar refractivity (Wildman–Crippen MR) is 125 cm³/mol. The number of benzene rings is 1. The largest absolute Gasteiger partial charge is 0.493 e. The molecule has 2 heterocycles. The van der Waals surface area contributed by atoms with Crippen LogP contribution < -0.4 is 10.3 Å². The summed E-state index contributed by atoms with van der Waals surface area (Å²) in [4.78, 5) is 41.6. The maximum absolute atomic E-state index is 12.6. The van der Waals surface area contributed by atoms with Crippen LogP contribution in [0.25, 0.3) is 11.4 Å². The molecule has 1 saturated carbocycles. The van der Waals surface area contributed by atoms with Gasteiger partial charge in [0.25, 0.3) is 5.56 Å². The third kappa shape index (κ3) is 6.01. The van der Waals surface area contributed by atoms with Crippen LogP contribution in [0.5, 0.6) is 5.75 Å². The number of H-pyrrole nitrogens is 1. The van der Waals surface area contributed by atoms with Crippen molar-refractivity contribution in [3.05, 3.63) is 40.3 Å². The van der Waals surface area contributed by atoms with Gasteiger partial charge in [0.1, 0.15) is 11.4 Å². The van der Waals surface area contributed by atoms with Crippen LogP contribution in [0.2, 0.25) is 0 Å². The van der Waals surface area contributed by atoms with Crippen LogP contribution in [0.15, 0.2) is 29.1 Å². The fraction of sp³-hybridized carbons (Fsp3) is 0.560. The minimum absolute atomic E-state index is 0.100. The Balaban J connectivity index is 1.30. The summed E-state index contributed by atoms with van der Waals surface area (Å²) in [5, 5.41) is 8.22. The quantitative estimate of drug-likeness (QED) is 0.563. The fourth-order valence-electron chi connectivity index (χ4n) is 4.28. The standard InChI is InChI=1S/C25H32N4O5/c1-2-33-25(32)19-7-4-14-29(15-19)22(30)13-12-21-24(31)26-23(28-27-21)18-8-10-20(11-9-18)34-16-17-5-3-6-17/h8-11,17,19H,2-7,12-16H2,1H3,(H,26,28,31). The van der Waals surface area contributed by atoms with Crippen molar-refractivity contribution in [2.75, 3.05) is 26.3 Å². The number of carbonyl (C=O) groups is 2. The maximum Gasteiger partial charge on any atom is 0.310 e. The van der Waals surface area contributed by atoms with E-state index in [1.54, 1.807) is 11.8 Å². The number of aryl methyl sites for hydroxylation is 1. The van der Waals surface area contributed by atoms with Crippen LogP contribution in [0.4, 0.5) is 0 Å². The summed E-state index contributed by atoms with van der Waals surface area (Å²) in [5.74, 6) is 1.20. The summed E-state index contributed by atoms with van der Waals surface area (Å²) in [7, 11) is 0. The summed E-state index contributed by atoms with van der Waals surface area (Å²) in [6, 6.07) is 7.41. The highest BCUT2D eigenvalue weighted by Gasteiger charge is 2.29. The normalized spacial score (nSPS) is 18.3. The minimum atomic E-state index is -0.355. The Bertz CT molecular complexity index is 1050. The maximum atomic E-state index is 12.6. The molecule has 1 aromatic heterocycles. The number of nitrogens with zero attached hydrogens (tertiary/aromatic N) is 3. The lowest BCUT2D eigenvalue weighted by Gasteiger charge is -2.31. The Morgan fingerprint density at radius 1 is 1.12 bits per heavy atom. The molecule has 34 heavy (non-hydrogen) atoms. The Morgan fingerprint density at radius 2 is 1.91 bits per heavy atom. The molecule has 1 amide bonds. The van der Waals surface area contributed by atoms with Gasteiger partial charge in [-0.25, -0.2) is 0 Å². The van der Waals surface area contributed by atoms with E-state index < -0.39 is 0 Å². The number of ether oxygens (including phenoxy) is 2. The molecule has 1 atom stereocenters. The number of hydrogen-bond donors (Lipinski definition) is 1. The molecule has 1 aromatic carbocycles. The van der Waals surface area contributed by atoms with Gasteiger partial charge in [0.15, 0.2) is 5.82 Å². The van der Waals surface area contributed by atoms with Crippen molar-refractivity contribution in [1.82, 2.24) is 20.1 Å². The molecule has 2 aliphatic rings. The lowest BCUT2D eigenvalue weighted by atomic mass is 9.86. The Kier molecular flexibility index (Phi) is 7.92. The van der Waals surface area contributed by atoms with E-state index in [1.165, 1.54) is 19.3 Å². The van der Waals surface area contributed by atoms with Gasteiger partial charge in [-0.15, -0.1) is 10.2 Å². The molecule has 1 aliphatic heterocycles. The zero-order valence-corrected chi connectivity index (χ0v) is 19.6.